The van der Waals surface area contributed by atoms with Gasteiger partial charge in [0.2, 0.25) is 0 Å². The molecule has 14 heavy (non-hydrogen) atoms. The van der Waals surface area contributed by atoms with E-state index in [9.17, 15) is 0 Å². The Morgan fingerprint density at radius 3 is 1.93 bits per heavy atom. The number of hydrogen-bond donors (Lipinski definition) is 3. The molecule has 1 aliphatic rings. The van der Waals surface area contributed by atoms with E-state index in [1.807, 2.05) is 5.06 Å². The van der Waals surface area contributed by atoms with Crippen LogP contribution in [0, 0.1) is 0 Å². The predicted octanol–water partition coefficient (Wildman–Crippen LogP) is 0.435. The van der Waals surface area contributed by atoms with E-state index in [0.29, 0.717) is 0 Å². The SMILES string of the molecule is NC(=S)ON1CCCCC1.NC(O)=S. The number of nitrogens with zero attached hydrogens (tertiary/aromatic N) is 1. The molecule has 7 heteroatoms. The highest BCUT2D eigenvalue weighted by atomic mass is 32.1. The smallest absolute Gasteiger partial charge is 0.276 e. The Morgan fingerprint density at radius 1 is 1.14 bits per heavy atom. The van der Waals surface area contributed by atoms with E-state index in [4.69, 9.17) is 15.7 Å². The zero-order valence-electron chi connectivity index (χ0n) is 7.81. The Bertz CT molecular complexity index is 191. The molecule has 0 aliphatic carbocycles. The van der Waals surface area contributed by atoms with Crippen LogP contribution in [-0.2, 0) is 4.84 Å². The molecule has 82 valence electrons. The first kappa shape index (κ1) is 13.3. The number of hydroxylamine groups is 2. The molecule has 1 heterocycles. The molecule has 1 saturated heterocycles. The molecule has 1 aliphatic heterocycles. The molecule has 0 aromatic heterocycles. The van der Waals surface area contributed by atoms with Crippen molar-refractivity contribution in [1.82, 2.24) is 5.06 Å². The molecule has 0 atom stereocenters. The Kier molecular flexibility index (Phi) is 7.35. The average Bonchev–Trinajstić information content (AvgIpc) is 2.03. The van der Waals surface area contributed by atoms with Gasteiger partial charge in [-0.25, -0.2) is 0 Å². The van der Waals surface area contributed by atoms with E-state index >= 15 is 0 Å². The minimum absolute atomic E-state index is 0.127. The second-order valence-corrected chi connectivity index (χ2v) is 3.56. The van der Waals surface area contributed by atoms with Gasteiger partial charge in [0.15, 0.2) is 0 Å². The van der Waals surface area contributed by atoms with Gasteiger partial charge >= 0.3 is 0 Å². The van der Waals surface area contributed by atoms with Crippen molar-refractivity contribution >= 4 is 34.8 Å². The van der Waals surface area contributed by atoms with Gasteiger partial charge in [-0.15, -0.1) is 5.06 Å². The summed E-state index contributed by atoms with van der Waals surface area (Å²) in [6.07, 6.45) is 3.66. The Morgan fingerprint density at radius 2 is 1.57 bits per heavy atom. The number of aliphatic hydroxyl groups excluding tert-OH is 1. The average molecular weight is 237 g/mol. The number of aliphatic hydroxyl groups is 1. The minimum atomic E-state index is -0.500. The Labute approximate surface area is 93.9 Å². The highest BCUT2D eigenvalue weighted by Gasteiger charge is 2.10. The van der Waals surface area contributed by atoms with Gasteiger partial charge in [0.05, 0.1) is 0 Å². The summed E-state index contributed by atoms with van der Waals surface area (Å²) in [6, 6.07) is 0. The number of thiocarbonyl (C=S) groups is 2. The van der Waals surface area contributed by atoms with Gasteiger partial charge in [-0.3, -0.25) is 0 Å². The van der Waals surface area contributed by atoms with E-state index in [2.05, 4.69) is 30.2 Å². The second-order valence-electron chi connectivity index (χ2n) is 2.74. The van der Waals surface area contributed by atoms with Crippen LogP contribution in [0.25, 0.3) is 0 Å². The molecule has 0 bridgehead atoms. The predicted molar refractivity (Wildman–Crippen MR) is 62.7 cm³/mol. The van der Waals surface area contributed by atoms with Crippen molar-refractivity contribution < 1.29 is 9.94 Å². The summed E-state index contributed by atoms with van der Waals surface area (Å²) in [5, 5.41) is 9.02. The summed E-state index contributed by atoms with van der Waals surface area (Å²) in [7, 11) is 0. The molecular weight excluding hydrogens is 222 g/mol. The number of rotatable bonds is 1. The summed E-state index contributed by atoms with van der Waals surface area (Å²) in [5.74, 6) is 0. The van der Waals surface area contributed by atoms with Gasteiger partial charge in [0.1, 0.15) is 0 Å². The Balaban J connectivity index is 0.000000364. The van der Waals surface area contributed by atoms with E-state index < -0.39 is 5.17 Å². The van der Waals surface area contributed by atoms with Crippen molar-refractivity contribution in [3.8, 4) is 0 Å². The third kappa shape index (κ3) is 9.43. The molecule has 0 aromatic rings. The monoisotopic (exact) mass is 237 g/mol. The maximum absolute atomic E-state index is 7.56. The fraction of sp³-hybridized carbons (Fsp3) is 0.714. The van der Waals surface area contributed by atoms with Crippen LogP contribution < -0.4 is 11.5 Å². The van der Waals surface area contributed by atoms with E-state index in [-0.39, 0.29) is 5.17 Å². The lowest BCUT2D eigenvalue weighted by Crippen LogP contribution is -2.34. The largest absolute Gasteiger partial charge is 0.487 e. The maximum Gasteiger partial charge on any atom is 0.276 e. The first-order valence-electron chi connectivity index (χ1n) is 4.23. The fourth-order valence-corrected chi connectivity index (χ4v) is 1.19. The van der Waals surface area contributed by atoms with Crippen molar-refractivity contribution in [3.63, 3.8) is 0 Å². The van der Waals surface area contributed by atoms with Crippen molar-refractivity contribution in [3.05, 3.63) is 0 Å². The standard InChI is InChI=1S/C6H12N2OS.CH3NOS/c7-6(10)9-8-4-2-1-3-5-8;2-1(3)4/h1-5H2,(H2,7,10);(H3,2,3,4). The molecule has 1 fully saturated rings. The topological polar surface area (TPSA) is 84.7 Å². The maximum atomic E-state index is 7.56. The highest BCUT2D eigenvalue weighted by Crippen LogP contribution is 2.08. The first-order chi connectivity index (χ1) is 6.52. The van der Waals surface area contributed by atoms with Crippen molar-refractivity contribution in [2.24, 2.45) is 11.5 Å². The van der Waals surface area contributed by atoms with Crippen LogP contribution in [0.5, 0.6) is 0 Å². The number of nitrogens with two attached hydrogens (primary N) is 2. The third-order valence-electron chi connectivity index (χ3n) is 1.53. The van der Waals surface area contributed by atoms with Gasteiger partial charge in [-0.1, -0.05) is 6.42 Å². The second kappa shape index (κ2) is 7.72. The van der Waals surface area contributed by atoms with Crippen LogP contribution in [0.1, 0.15) is 19.3 Å². The van der Waals surface area contributed by atoms with Crippen LogP contribution in [0.3, 0.4) is 0 Å². The molecule has 0 unspecified atom stereocenters. The van der Waals surface area contributed by atoms with Crippen molar-refractivity contribution in [2.45, 2.75) is 19.3 Å². The van der Waals surface area contributed by atoms with Crippen LogP contribution in [0.4, 0.5) is 0 Å². The molecule has 5 nitrogen and oxygen atoms in total. The lowest BCUT2D eigenvalue weighted by Gasteiger charge is -2.24. The van der Waals surface area contributed by atoms with Crippen LogP contribution in [0.2, 0.25) is 0 Å². The van der Waals surface area contributed by atoms with Crippen LogP contribution in [-0.4, -0.2) is 33.6 Å². The summed E-state index contributed by atoms with van der Waals surface area (Å²) in [6.45, 7) is 1.91. The third-order valence-corrected chi connectivity index (χ3v) is 1.61. The molecule has 0 spiro atoms. The molecule has 0 amide bonds. The lowest BCUT2D eigenvalue weighted by atomic mass is 10.2. The minimum Gasteiger partial charge on any atom is -0.487 e. The number of piperidine rings is 1. The van der Waals surface area contributed by atoms with Gasteiger partial charge < -0.3 is 21.4 Å². The van der Waals surface area contributed by atoms with Gasteiger partial charge in [0.25, 0.3) is 10.3 Å². The molecular formula is C7H15N3O2S2. The molecule has 0 saturated carbocycles. The van der Waals surface area contributed by atoms with Gasteiger partial charge in [-0.05, 0) is 37.3 Å². The van der Waals surface area contributed by atoms with E-state index in [1.54, 1.807) is 0 Å². The van der Waals surface area contributed by atoms with Crippen LogP contribution >= 0.6 is 24.4 Å². The molecule has 1 rings (SSSR count). The highest BCUT2D eigenvalue weighted by molar-refractivity contribution is 7.80. The Hall–Kier alpha value is -0.660. The first-order valence-corrected chi connectivity index (χ1v) is 5.04. The zero-order chi connectivity index (χ0) is 11.0. The zero-order valence-corrected chi connectivity index (χ0v) is 9.44. The summed E-state index contributed by atoms with van der Waals surface area (Å²) in [4.78, 5) is 5.03. The summed E-state index contributed by atoms with van der Waals surface area (Å²) in [5.41, 5.74) is 9.59. The fourth-order valence-electron chi connectivity index (χ4n) is 1.08. The van der Waals surface area contributed by atoms with E-state index in [0.717, 1.165) is 13.1 Å². The number of hydrogen-bond acceptors (Lipinski definition) is 4. The molecule has 5 N–H and O–H groups in total. The summed E-state index contributed by atoms with van der Waals surface area (Å²) >= 11 is 8.46. The van der Waals surface area contributed by atoms with Crippen molar-refractivity contribution in [1.29, 1.82) is 0 Å². The van der Waals surface area contributed by atoms with Gasteiger partial charge in [0, 0.05) is 13.1 Å². The van der Waals surface area contributed by atoms with Crippen molar-refractivity contribution in [2.75, 3.05) is 13.1 Å². The quantitative estimate of drug-likeness (QED) is 0.570. The molecule has 0 radical (unpaired) electrons. The normalized spacial score (nSPS) is 16.3. The van der Waals surface area contributed by atoms with E-state index in [1.165, 1.54) is 19.3 Å². The van der Waals surface area contributed by atoms with Crippen LogP contribution in [0.15, 0.2) is 0 Å². The molecule has 0 aromatic carbocycles. The van der Waals surface area contributed by atoms with Gasteiger partial charge in [-0.2, -0.15) is 0 Å². The lowest BCUT2D eigenvalue weighted by molar-refractivity contribution is -0.0841. The summed E-state index contributed by atoms with van der Waals surface area (Å²) < 4.78 is 0.